The van der Waals surface area contributed by atoms with Crippen LogP contribution in [0, 0.1) is 5.92 Å². The highest BCUT2D eigenvalue weighted by molar-refractivity contribution is 6.31. The molecule has 0 aromatic heterocycles. The molecule has 3 atom stereocenters. The second kappa shape index (κ2) is 8.08. The van der Waals surface area contributed by atoms with Crippen LogP contribution in [-0.4, -0.2) is 46.4 Å². The van der Waals surface area contributed by atoms with E-state index in [4.69, 9.17) is 16.7 Å². The minimum Gasteiger partial charge on any atom is -0.481 e. The van der Waals surface area contributed by atoms with Crippen LogP contribution in [0.25, 0.3) is 0 Å². The first kappa shape index (κ1) is 18.7. The molecule has 1 aliphatic carbocycles. The molecule has 1 saturated heterocycles. The number of carboxylic acids is 1. The molecule has 0 radical (unpaired) electrons. The van der Waals surface area contributed by atoms with Gasteiger partial charge in [-0.3, -0.25) is 14.4 Å². The van der Waals surface area contributed by atoms with Gasteiger partial charge in [0, 0.05) is 23.2 Å². The molecule has 0 spiro atoms. The molecule has 140 valence electrons. The normalized spacial score (nSPS) is 24.8. The monoisotopic (exact) mass is 378 g/mol. The minimum atomic E-state index is -0.961. The minimum absolute atomic E-state index is 0.0606. The number of halogens is 1. The molecule has 3 rings (SSSR count). The van der Waals surface area contributed by atoms with E-state index in [1.807, 2.05) is 0 Å². The Balaban J connectivity index is 1.80. The van der Waals surface area contributed by atoms with Crippen molar-refractivity contribution in [2.75, 3.05) is 6.54 Å². The van der Waals surface area contributed by atoms with Crippen molar-refractivity contribution in [3.05, 3.63) is 34.9 Å². The lowest BCUT2D eigenvalue weighted by molar-refractivity contribution is -0.137. The predicted octanol–water partition coefficient (Wildman–Crippen LogP) is 2.70. The molecule has 3 unspecified atom stereocenters. The summed E-state index contributed by atoms with van der Waals surface area (Å²) < 4.78 is 0. The molecule has 0 bridgehead atoms. The summed E-state index contributed by atoms with van der Waals surface area (Å²) in [7, 11) is 0. The predicted molar refractivity (Wildman–Crippen MR) is 97.0 cm³/mol. The van der Waals surface area contributed by atoms with Crippen molar-refractivity contribution in [2.24, 2.45) is 5.92 Å². The number of rotatable bonds is 5. The quantitative estimate of drug-likeness (QED) is 0.824. The number of carbonyl (C=O) groups is 3. The maximum Gasteiger partial charge on any atom is 0.305 e. The van der Waals surface area contributed by atoms with Crippen LogP contribution in [0.2, 0.25) is 5.02 Å². The van der Waals surface area contributed by atoms with Crippen LogP contribution in [-0.2, 0) is 9.59 Å². The first-order chi connectivity index (χ1) is 12.5. The average Bonchev–Trinajstić information content (AvgIpc) is 3.00. The Kier molecular flexibility index (Phi) is 5.81. The van der Waals surface area contributed by atoms with Crippen molar-refractivity contribution < 1.29 is 19.5 Å². The molecule has 1 aliphatic heterocycles. The third-order valence-corrected chi connectivity index (χ3v) is 5.57. The molecule has 2 fully saturated rings. The molecule has 2 aliphatic rings. The number of carboxylic acid groups (broad SMARTS) is 1. The molecule has 1 heterocycles. The van der Waals surface area contributed by atoms with Crippen LogP contribution in [0.1, 0.15) is 48.9 Å². The lowest BCUT2D eigenvalue weighted by atomic mass is 9.84. The van der Waals surface area contributed by atoms with Crippen molar-refractivity contribution in [3.8, 4) is 0 Å². The molecule has 1 saturated carbocycles. The topological polar surface area (TPSA) is 86.7 Å². The zero-order chi connectivity index (χ0) is 18.7. The number of likely N-dealkylation sites (tertiary alicyclic amines) is 1. The van der Waals surface area contributed by atoms with Gasteiger partial charge in [0.05, 0.1) is 6.42 Å². The van der Waals surface area contributed by atoms with E-state index in [2.05, 4.69) is 5.32 Å². The van der Waals surface area contributed by atoms with Gasteiger partial charge in [0.15, 0.2) is 0 Å². The second-order valence-corrected chi connectivity index (χ2v) is 7.46. The Morgan fingerprint density at radius 2 is 2.00 bits per heavy atom. The van der Waals surface area contributed by atoms with Gasteiger partial charge in [-0.05, 0) is 43.4 Å². The SMILES string of the molecule is O=C(O)CCNC(=O)C1CC2CCCCC2N1C(=O)c1cccc(Cl)c1. The van der Waals surface area contributed by atoms with Crippen molar-refractivity contribution >= 4 is 29.4 Å². The molecule has 2 N–H and O–H groups in total. The maximum atomic E-state index is 13.1. The van der Waals surface area contributed by atoms with Crippen LogP contribution in [0.5, 0.6) is 0 Å². The molecule has 1 aromatic carbocycles. The standard InChI is InChI=1S/C19H23ClN2O4/c20-14-6-3-5-13(10-14)19(26)22-15-7-2-1-4-12(15)11-16(22)18(25)21-9-8-17(23)24/h3,5-6,10,12,15-16H,1-2,4,7-9,11H2,(H,21,25)(H,23,24). The molecular weight excluding hydrogens is 356 g/mol. The van der Waals surface area contributed by atoms with Crippen LogP contribution in [0.4, 0.5) is 0 Å². The van der Waals surface area contributed by atoms with E-state index in [9.17, 15) is 14.4 Å². The van der Waals surface area contributed by atoms with E-state index in [0.29, 0.717) is 22.9 Å². The summed E-state index contributed by atoms with van der Waals surface area (Å²) in [5.74, 6) is -1.09. The van der Waals surface area contributed by atoms with Gasteiger partial charge in [0.1, 0.15) is 6.04 Å². The summed E-state index contributed by atoms with van der Waals surface area (Å²) >= 11 is 6.02. The summed E-state index contributed by atoms with van der Waals surface area (Å²) in [5.41, 5.74) is 0.479. The van der Waals surface area contributed by atoms with Gasteiger partial charge in [-0.15, -0.1) is 0 Å². The van der Waals surface area contributed by atoms with Crippen LogP contribution in [0.15, 0.2) is 24.3 Å². The third kappa shape index (κ3) is 4.01. The molecule has 26 heavy (non-hydrogen) atoms. The number of hydrogen-bond donors (Lipinski definition) is 2. The number of amides is 2. The summed E-state index contributed by atoms with van der Waals surface area (Å²) in [4.78, 5) is 38.2. The van der Waals surface area contributed by atoms with Crippen molar-refractivity contribution in [1.29, 1.82) is 0 Å². The average molecular weight is 379 g/mol. The Morgan fingerprint density at radius 1 is 1.23 bits per heavy atom. The van der Waals surface area contributed by atoms with Crippen molar-refractivity contribution in [3.63, 3.8) is 0 Å². The van der Waals surface area contributed by atoms with Gasteiger partial charge in [0.25, 0.3) is 5.91 Å². The Morgan fingerprint density at radius 3 is 2.73 bits per heavy atom. The first-order valence-electron chi connectivity index (χ1n) is 9.05. The largest absolute Gasteiger partial charge is 0.481 e. The highest BCUT2D eigenvalue weighted by Crippen LogP contribution is 2.40. The van der Waals surface area contributed by atoms with E-state index in [1.54, 1.807) is 29.2 Å². The van der Waals surface area contributed by atoms with Gasteiger partial charge in [0.2, 0.25) is 5.91 Å². The fourth-order valence-corrected chi connectivity index (χ4v) is 4.36. The van der Waals surface area contributed by atoms with E-state index in [1.165, 1.54) is 0 Å². The summed E-state index contributed by atoms with van der Waals surface area (Å²) in [6.07, 6.45) is 4.59. The Hall–Kier alpha value is -2.08. The van der Waals surface area contributed by atoms with E-state index in [-0.39, 0.29) is 30.8 Å². The number of nitrogens with zero attached hydrogens (tertiary/aromatic N) is 1. The number of hydrogen-bond acceptors (Lipinski definition) is 3. The van der Waals surface area contributed by atoms with Gasteiger partial charge in [-0.2, -0.15) is 0 Å². The van der Waals surface area contributed by atoms with Gasteiger partial charge < -0.3 is 15.3 Å². The first-order valence-corrected chi connectivity index (χ1v) is 9.43. The second-order valence-electron chi connectivity index (χ2n) is 7.02. The van der Waals surface area contributed by atoms with Crippen molar-refractivity contribution in [2.45, 2.75) is 50.6 Å². The van der Waals surface area contributed by atoms with Gasteiger partial charge in [-0.25, -0.2) is 0 Å². The fraction of sp³-hybridized carbons (Fsp3) is 0.526. The van der Waals surface area contributed by atoms with E-state index >= 15 is 0 Å². The van der Waals surface area contributed by atoms with Crippen LogP contribution in [0.3, 0.4) is 0 Å². The van der Waals surface area contributed by atoms with Crippen LogP contribution >= 0.6 is 11.6 Å². The van der Waals surface area contributed by atoms with Gasteiger partial charge in [-0.1, -0.05) is 30.5 Å². The van der Waals surface area contributed by atoms with Crippen LogP contribution < -0.4 is 5.32 Å². The molecule has 1 aromatic rings. The third-order valence-electron chi connectivity index (χ3n) is 5.33. The summed E-state index contributed by atoms with van der Waals surface area (Å²) in [6.45, 7) is 0.0686. The fourth-order valence-electron chi connectivity index (χ4n) is 4.17. The Labute approximate surface area is 157 Å². The lowest BCUT2D eigenvalue weighted by Gasteiger charge is -2.33. The van der Waals surface area contributed by atoms with E-state index in [0.717, 1.165) is 25.7 Å². The van der Waals surface area contributed by atoms with Gasteiger partial charge >= 0.3 is 5.97 Å². The zero-order valence-electron chi connectivity index (χ0n) is 14.5. The number of nitrogens with one attached hydrogen (secondary N) is 1. The number of aliphatic carboxylic acids is 1. The summed E-state index contributed by atoms with van der Waals surface area (Å²) in [5, 5.41) is 11.9. The number of carbonyl (C=O) groups excluding carboxylic acids is 2. The molecular formula is C19H23ClN2O4. The highest BCUT2D eigenvalue weighted by Gasteiger charge is 2.47. The molecule has 6 nitrogen and oxygen atoms in total. The zero-order valence-corrected chi connectivity index (χ0v) is 15.2. The lowest BCUT2D eigenvalue weighted by Crippen LogP contribution is -2.49. The maximum absolute atomic E-state index is 13.1. The number of fused-ring (bicyclic) bond motifs is 1. The smallest absolute Gasteiger partial charge is 0.305 e. The molecule has 2 amide bonds. The summed E-state index contributed by atoms with van der Waals surface area (Å²) in [6, 6.07) is 6.28. The number of benzene rings is 1. The van der Waals surface area contributed by atoms with E-state index < -0.39 is 12.0 Å². The van der Waals surface area contributed by atoms with Crippen molar-refractivity contribution in [1.82, 2.24) is 10.2 Å². The highest BCUT2D eigenvalue weighted by atomic mass is 35.5. The molecule has 7 heteroatoms. The Bertz CT molecular complexity index is 709.